The van der Waals surface area contributed by atoms with E-state index in [0.29, 0.717) is 24.1 Å². The summed E-state index contributed by atoms with van der Waals surface area (Å²) in [5.74, 6) is 0.406. The van der Waals surface area contributed by atoms with Gasteiger partial charge in [0.15, 0.2) is 5.72 Å². The van der Waals surface area contributed by atoms with Crippen molar-refractivity contribution in [1.29, 1.82) is 0 Å². The van der Waals surface area contributed by atoms with Gasteiger partial charge in [0, 0.05) is 23.0 Å². The fraction of sp³-hybridized carbons (Fsp3) is 0.462. The van der Waals surface area contributed by atoms with Crippen molar-refractivity contribution in [3.05, 3.63) is 28.8 Å². The molecule has 1 unspecified atom stereocenters. The minimum atomic E-state index is -0.567. The Balaban J connectivity index is 1.96. The molecule has 0 radical (unpaired) electrons. The fourth-order valence-corrected chi connectivity index (χ4v) is 3.32. The van der Waals surface area contributed by atoms with Crippen LogP contribution in [-0.4, -0.2) is 24.1 Å². The minimum Gasteiger partial charge on any atom is -0.349 e. The largest absolute Gasteiger partial charge is 0.349 e. The van der Waals surface area contributed by atoms with Crippen LogP contribution in [0.15, 0.2) is 18.2 Å². The predicted octanol–water partition coefficient (Wildman–Crippen LogP) is 2.78. The maximum atomic E-state index is 12.2. The van der Waals surface area contributed by atoms with Gasteiger partial charge in [-0.2, -0.15) is 0 Å². The second kappa shape index (κ2) is 3.39. The van der Waals surface area contributed by atoms with E-state index in [0.717, 1.165) is 24.1 Å². The zero-order valence-electron chi connectivity index (χ0n) is 9.78. The molecule has 0 aromatic heterocycles. The Bertz CT molecular complexity index is 544. The van der Waals surface area contributed by atoms with Gasteiger partial charge in [0.05, 0.1) is 12.3 Å². The van der Waals surface area contributed by atoms with Crippen molar-refractivity contribution in [2.24, 2.45) is 5.92 Å². The first-order valence-corrected chi connectivity index (χ1v) is 6.62. The van der Waals surface area contributed by atoms with Gasteiger partial charge in [-0.15, -0.1) is 0 Å². The molecular weight excluding hydrogens is 252 g/mol. The van der Waals surface area contributed by atoms with Gasteiger partial charge in [0.1, 0.15) is 0 Å². The number of urea groups is 1. The first-order chi connectivity index (χ1) is 8.72. The Hall–Kier alpha value is -1.26. The lowest BCUT2D eigenvalue weighted by Crippen LogP contribution is -2.53. The van der Waals surface area contributed by atoms with Gasteiger partial charge in [-0.3, -0.25) is 4.90 Å². The van der Waals surface area contributed by atoms with Crippen molar-refractivity contribution in [3.63, 3.8) is 0 Å². The normalized spacial score (nSPS) is 29.8. The van der Waals surface area contributed by atoms with Crippen molar-refractivity contribution >= 4 is 23.3 Å². The second-order valence-electron chi connectivity index (χ2n) is 5.09. The van der Waals surface area contributed by atoms with Crippen LogP contribution < -0.4 is 5.32 Å². The topological polar surface area (TPSA) is 41.6 Å². The molecule has 94 valence electrons. The summed E-state index contributed by atoms with van der Waals surface area (Å²) in [6.07, 6.45) is 2.21. The summed E-state index contributed by atoms with van der Waals surface area (Å²) in [6, 6.07) is 5.52. The lowest BCUT2D eigenvalue weighted by atomic mass is 9.93. The van der Waals surface area contributed by atoms with E-state index in [-0.39, 0.29) is 6.03 Å². The molecule has 2 fully saturated rings. The lowest BCUT2D eigenvalue weighted by molar-refractivity contribution is -0.0882. The molecule has 1 saturated heterocycles. The van der Waals surface area contributed by atoms with E-state index in [1.165, 1.54) is 0 Å². The maximum Gasteiger partial charge on any atom is 0.324 e. The third-order valence-electron chi connectivity index (χ3n) is 4.02. The Morgan fingerprint density at radius 2 is 2.28 bits per heavy atom. The van der Waals surface area contributed by atoms with Gasteiger partial charge in [0.25, 0.3) is 0 Å². The van der Waals surface area contributed by atoms with Crippen LogP contribution in [-0.2, 0) is 10.5 Å². The smallest absolute Gasteiger partial charge is 0.324 e. The van der Waals surface area contributed by atoms with E-state index in [4.69, 9.17) is 16.3 Å². The molecule has 1 saturated carbocycles. The number of carbonyl (C=O) groups excluding carboxylic acids is 1. The van der Waals surface area contributed by atoms with Crippen LogP contribution in [0.25, 0.3) is 0 Å². The summed E-state index contributed by atoms with van der Waals surface area (Å²) in [5.41, 5.74) is 1.27. The van der Waals surface area contributed by atoms with E-state index < -0.39 is 5.72 Å². The molecular formula is C13H13ClN2O2. The van der Waals surface area contributed by atoms with Gasteiger partial charge in [-0.25, -0.2) is 4.79 Å². The highest BCUT2D eigenvalue weighted by Crippen LogP contribution is 2.55. The molecule has 4 nitrogen and oxygen atoms in total. The first kappa shape index (κ1) is 10.6. The van der Waals surface area contributed by atoms with Crippen LogP contribution in [0.1, 0.15) is 18.4 Å². The zero-order valence-corrected chi connectivity index (χ0v) is 10.5. The van der Waals surface area contributed by atoms with E-state index in [1.807, 2.05) is 17.0 Å². The highest BCUT2D eigenvalue weighted by molar-refractivity contribution is 6.30. The van der Waals surface area contributed by atoms with Crippen LogP contribution >= 0.6 is 11.6 Å². The molecule has 1 atom stereocenters. The van der Waals surface area contributed by atoms with Crippen LogP contribution in [0, 0.1) is 5.92 Å². The summed E-state index contributed by atoms with van der Waals surface area (Å²) in [4.78, 5) is 14.0. The number of hydrogen-bond acceptors (Lipinski definition) is 2. The summed E-state index contributed by atoms with van der Waals surface area (Å²) < 4.78 is 6.03. The Morgan fingerprint density at radius 3 is 3.06 bits per heavy atom. The van der Waals surface area contributed by atoms with E-state index in [1.54, 1.807) is 6.07 Å². The Morgan fingerprint density at radius 1 is 1.44 bits per heavy atom. The average Bonchev–Trinajstić information content (AvgIpc) is 3.10. The number of ether oxygens (including phenoxy) is 1. The monoisotopic (exact) mass is 264 g/mol. The first-order valence-electron chi connectivity index (χ1n) is 6.24. The number of nitrogens with zero attached hydrogens (tertiary/aromatic N) is 1. The second-order valence-corrected chi connectivity index (χ2v) is 5.53. The van der Waals surface area contributed by atoms with Gasteiger partial charge < -0.3 is 10.1 Å². The maximum absolute atomic E-state index is 12.2. The number of nitrogens with one attached hydrogen (secondary N) is 1. The van der Waals surface area contributed by atoms with Gasteiger partial charge in [-0.05, 0) is 31.0 Å². The molecule has 4 rings (SSSR count). The summed E-state index contributed by atoms with van der Waals surface area (Å²) in [7, 11) is 0. The highest BCUT2D eigenvalue weighted by atomic mass is 35.5. The van der Waals surface area contributed by atoms with Crippen molar-refractivity contribution < 1.29 is 9.53 Å². The molecule has 1 aromatic rings. The van der Waals surface area contributed by atoms with Crippen LogP contribution in [0.2, 0.25) is 5.02 Å². The van der Waals surface area contributed by atoms with Crippen molar-refractivity contribution in [1.82, 2.24) is 4.90 Å². The van der Waals surface area contributed by atoms with Crippen LogP contribution in [0.4, 0.5) is 10.5 Å². The predicted molar refractivity (Wildman–Crippen MR) is 67.5 cm³/mol. The molecule has 18 heavy (non-hydrogen) atoms. The quantitative estimate of drug-likeness (QED) is 0.847. The number of carbonyl (C=O) groups is 1. The SMILES string of the molecule is O=C1Nc2ccc(Cl)cc2C2(C3CC3)OCCN12. The van der Waals surface area contributed by atoms with E-state index in [9.17, 15) is 4.79 Å². The third kappa shape index (κ3) is 1.22. The molecule has 1 aliphatic carbocycles. The zero-order chi connectivity index (χ0) is 12.3. The van der Waals surface area contributed by atoms with Gasteiger partial charge in [0.2, 0.25) is 0 Å². The van der Waals surface area contributed by atoms with Gasteiger partial charge in [-0.1, -0.05) is 11.6 Å². The molecule has 2 heterocycles. The molecule has 5 heteroatoms. The summed E-state index contributed by atoms with van der Waals surface area (Å²) in [6.45, 7) is 1.24. The van der Waals surface area contributed by atoms with Crippen LogP contribution in [0.3, 0.4) is 0 Å². The number of rotatable bonds is 1. The number of amides is 2. The van der Waals surface area contributed by atoms with Crippen molar-refractivity contribution in [2.75, 3.05) is 18.5 Å². The molecule has 0 bridgehead atoms. The van der Waals surface area contributed by atoms with E-state index >= 15 is 0 Å². The van der Waals surface area contributed by atoms with Gasteiger partial charge >= 0.3 is 6.03 Å². The Kier molecular flexibility index (Phi) is 2.01. The molecule has 0 spiro atoms. The highest BCUT2D eigenvalue weighted by Gasteiger charge is 2.59. The molecule has 3 aliphatic rings. The lowest BCUT2D eigenvalue weighted by Gasteiger charge is -2.42. The number of benzene rings is 1. The summed E-state index contributed by atoms with van der Waals surface area (Å²) in [5, 5.41) is 3.60. The average molecular weight is 265 g/mol. The third-order valence-corrected chi connectivity index (χ3v) is 4.26. The molecule has 2 aliphatic heterocycles. The van der Waals surface area contributed by atoms with Crippen LogP contribution in [0.5, 0.6) is 0 Å². The Labute approximate surface area is 110 Å². The molecule has 1 N–H and O–H groups in total. The number of anilines is 1. The van der Waals surface area contributed by atoms with E-state index in [2.05, 4.69) is 5.32 Å². The summed E-state index contributed by atoms with van der Waals surface area (Å²) >= 11 is 6.10. The number of halogens is 1. The number of fused-ring (bicyclic) bond motifs is 3. The fourth-order valence-electron chi connectivity index (χ4n) is 3.15. The number of hydrogen-bond donors (Lipinski definition) is 1. The molecule has 1 aromatic carbocycles. The van der Waals surface area contributed by atoms with Crippen molar-refractivity contribution in [2.45, 2.75) is 18.6 Å². The minimum absolute atomic E-state index is 0.0609. The van der Waals surface area contributed by atoms with Crippen molar-refractivity contribution in [3.8, 4) is 0 Å². The standard InChI is InChI=1S/C13H13ClN2O2/c14-9-3-4-11-10(7-9)13(8-1-2-8)16(5-6-18-13)12(17)15-11/h3-4,7-8H,1-2,5-6H2,(H,15,17). The molecule has 2 amide bonds.